The maximum Gasteiger partial charge on any atom is 0.310 e. The van der Waals surface area contributed by atoms with Crippen LogP contribution in [0.5, 0.6) is 0 Å². The third kappa shape index (κ3) is 74.7. The first-order valence-electron chi connectivity index (χ1n) is 1.82. The van der Waals surface area contributed by atoms with Gasteiger partial charge < -0.3 is 26.6 Å². The Morgan fingerprint density at radius 1 is 0.769 bits per heavy atom. The van der Waals surface area contributed by atoms with Crippen molar-refractivity contribution < 1.29 is 70.4 Å². The Bertz CT molecular complexity index is 94.7. The van der Waals surface area contributed by atoms with E-state index in [-0.39, 0.29) is 56.0 Å². The number of hydrogen-bond donors (Lipinski definition) is 0. The summed E-state index contributed by atoms with van der Waals surface area (Å²) in [7, 11) is 0. The van der Waals surface area contributed by atoms with Gasteiger partial charge in [-0.3, -0.25) is 9.59 Å². The van der Waals surface area contributed by atoms with Crippen LogP contribution < -0.4 is 0 Å². The molecule has 0 fully saturated rings. The van der Waals surface area contributed by atoms with Crippen LogP contribution in [-0.2, 0) is 48.5 Å². The van der Waals surface area contributed by atoms with Crippen molar-refractivity contribution >= 4 is 11.9 Å². The molecule has 0 aliphatic carbocycles. The molecule has 8 N–H and O–H groups in total. The van der Waals surface area contributed by atoms with Crippen molar-refractivity contribution in [2.75, 3.05) is 0 Å². The van der Waals surface area contributed by atoms with E-state index in [0.717, 1.165) is 0 Å². The van der Waals surface area contributed by atoms with E-state index in [4.69, 9.17) is 0 Å². The normalized spacial score (nSPS) is 4.15. The van der Waals surface area contributed by atoms with Gasteiger partial charge in [-0.15, -0.1) is 0 Å². The number of hydrogen-bond acceptors (Lipinski definition) is 3. The Kier molecular flexibility index (Phi) is 118. The Hall–Kier alpha value is 0.0190. The van der Waals surface area contributed by atoms with Gasteiger partial charge in [0.05, 0.1) is 0 Å². The van der Waals surface area contributed by atoms with E-state index in [0.29, 0.717) is 0 Å². The third-order valence-corrected chi connectivity index (χ3v) is 0.287. The molecule has 0 aliphatic rings. The van der Waals surface area contributed by atoms with Crippen molar-refractivity contribution in [2.24, 2.45) is 0 Å². The molecule has 0 saturated carbocycles. The summed E-state index contributed by atoms with van der Waals surface area (Å²) in [6, 6.07) is 0. The second-order valence-corrected chi connectivity index (χ2v) is 1.09. The number of rotatable bonds is 0. The average Bonchev–Trinajstić information content (AvgIpc) is 1.27. The monoisotopic (exact) mass is 300 g/mol. The molecule has 0 bridgehead atoms. The van der Waals surface area contributed by atoms with Crippen LogP contribution in [0.2, 0.25) is 0 Å². The van der Waals surface area contributed by atoms with Gasteiger partial charge in [-0.05, 0) is 0 Å². The fourth-order valence-electron chi connectivity index (χ4n) is 0.202. The average molecular weight is 301 g/mol. The molecule has 0 heterocycles. The summed E-state index contributed by atoms with van der Waals surface area (Å²) >= 11 is 0. The first-order chi connectivity index (χ1) is 3.13. The van der Waals surface area contributed by atoms with E-state index in [2.05, 4.69) is 4.74 Å². The van der Waals surface area contributed by atoms with Crippen LogP contribution in [0.3, 0.4) is 0 Å². The molecular weight excluding hydrogens is 287 g/mol. The minimum Gasteiger partial charge on any atom is -0.412 e. The van der Waals surface area contributed by atoms with Gasteiger partial charge in [0, 0.05) is 48.0 Å². The zero-order valence-electron chi connectivity index (χ0n) is 6.83. The van der Waals surface area contributed by atoms with E-state index < -0.39 is 11.9 Å². The van der Waals surface area contributed by atoms with E-state index in [1.54, 1.807) is 0 Å². The zero-order chi connectivity index (χ0) is 5.86. The van der Waals surface area contributed by atoms with Gasteiger partial charge >= 0.3 is 11.9 Å². The molecule has 94 valence electrons. The molecule has 0 unspecified atom stereocenters. The van der Waals surface area contributed by atoms with Gasteiger partial charge in [0.1, 0.15) is 0 Å². The zero-order valence-corrected chi connectivity index (χ0v) is 8.71. The van der Waals surface area contributed by atoms with Crippen molar-refractivity contribution in [2.45, 2.75) is 13.8 Å². The molecule has 9 heteroatoms. The van der Waals surface area contributed by atoms with Crippen LogP contribution in [0.1, 0.15) is 13.8 Å². The summed E-state index contributed by atoms with van der Waals surface area (Å²) in [4.78, 5) is 19.6. The van der Waals surface area contributed by atoms with Gasteiger partial charge in [0.25, 0.3) is 0 Å². The molecule has 7 nitrogen and oxygen atoms in total. The number of ether oxygens (including phenoxy) is 1. The molecule has 0 aromatic rings. The number of carbonyl (C=O) groups is 2. The molecule has 0 spiro atoms. The summed E-state index contributed by atoms with van der Waals surface area (Å²) in [6.45, 7) is 2.36. The van der Waals surface area contributed by atoms with Crippen molar-refractivity contribution in [1.29, 1.82) is 0 Å². The SMILES string of the molecule is CC(=O)OC(C)=O.O.O.O.O.[Cu].[Cu]. The van der Waals surface area contributed by atoms with Gasteiger partial charge in [0.2, 0.25) is 0 Å². The summed E-state index contributed by atoms with van der Waals surface area (Å²) < 4.78 is 3.97. The van der Waals surface area contributed by atoms with Crippen molar-refractivity contribution in [3.63, 3.8) is 0 Å². The second kappa shape index (κ2) is 29.6. The Morgan fingerprint density at radius 3 is 0.923 bits per heavy atom. The van der Waals surface area contributed by atoms with Gasteiger partial charge in [-0.1, -0.05) is 0 Å². The van der Waals surface area contributed by atoms with Crippen LogP contribution in [0.15, 0.2) is 0 Å². The third-order valence-electron chi connectivity index (χ3n) is 0.287. The Morgan fingerprint density at radius 2 is 0.923 bits per heavy atom. The van der Waals surface area contributed by atoms with Gasteiger partial charge in [0.15, 0.2) is 0 Å². The molecule has 0 amide bonds. The predicted molar refractivity (Wildman–Crippen MR) is 36.9 cm³/mol. The summed E-state index contributed by atoms with van der Waals surface area (Å²) in [5.74, 6) is -1.12. The topological polar surface area (TPSA) is 169 Å². The largest absolute Gasteiger partial charge is 0.412 e. The fraction of sp³-hybridized carbons (Fsp3) is 0.500. The van der Waals surface area contributed by atoms with Crippen LogP contribution in [0.4, 0.5) is 0 Å². The minimum absolute atomic E-state index is 0. The number of carbonyl (C=O) groups excluding carboxylic acids is 2. The molecular formula is C4H14Cu2O7. The van der Waals surface area contributed by atoms with E-state index in [9.17, 15) is 9.59 Å². The Labute approximate surface area is 96.4 Å². The predicted octanol–water partition coefficient (Wildman–Crippen LogP) is -3.21. The van der Waals surface area contributed by atoms with Crippen LogP contribution in [0, 0.1) is 0 Å². The first-order valence-corrected chi connectivity index (χ1v) is 1.82. The molecule has 0 aliphatic heterocycles. The van der Waals surface area contributed by atoms with Gasteiger partial charge in [-0.25, -0.2) is 0 Å². The van der Waals surface area contributed by atoms with Crippen molar-refractivity contribution in [3.05, 3.63) is 0 Å². The smallest absolute Gasteiger partial charge is 0.310 e. The molecule has 0 atom stereocenters. The minimum atomic E-state index is -0.562. The standard InChI is InChI=1S/C4H6O3.2Cu.4H2O/c1-3(5)7-4(2)6;;;;;;/h1-2H3;;;4*1H2. The molecule has 2 radical (unpaired) electrons. The molecule has 0 aromatic carbocycles. The summed E-state index contributed by atoms with van der Waals surface area (Å²) in [5, 5.41) is 0. The quantitative estimate of drug-likeness (QED) is 0.261. The van der Waals surface area contributed by atoms with E-state index in [1.807, 2.05) is 0 Å². The van der Waals surface area contributed by atoms with Crippen LogP contribution in [0.25, 0.3) is 0 Å². The first kappa shape index (κ1) is 51.9. The molecule has 0 aromatic heterocycles. The number of esters is 2. The molecule has 0 rings (SSSR count). The van der Waals surface area contributed by atoms with Gasteiger partial charge in [-0.2, -0.15) is 0 Å². The van der Waals surface area contributed by atoms with E-state index >= 15 is 0 Å². The molecule has 0 saturated heterocycles. The van der Waals surface area contributed by atoms with Crippen LogP contribution >= 0.6 is 0 Å². The maximum absolute atomic E-state index is 9.81. The van der Waals surface area contributed by atoms with Crippen molar-refractivity contribution in [3.8, 4) is 0 Å². The van der Waals surface area contributed by atoms with Crippen molar-refractivity contribution in [1.82, 2.24) is 0 Å². The summed E-state index contributed by atoms with van der Waals surface area (Å²) in [5.41, 5.74) is 0. The maximum atomic E-state index is 9.81. The van der Waals surface area contributed by atoms with E-state index in [1.165, 1.54) is 13.8 Å². The Balaban J connectivity index is -0.0000000120. The molecule has 13 heavy (non-hydrogen) atoms. The van der Waals surface area contributed by atoms with Crippen LogP contribution in [-0.4, -0.2) is 33.8 Å². The summed E-state index contributed by atoms with van der Waals surface area (Å²) in [6.07, 6.45) is 0. The second-order valence-electron chi connectivity index (χ2n) is 1.09. The fourth-order valence-corrected chi connectivity index (χ4v) is 0.202.